The number of phosphoric acid groups is 1. The molecule has 0 spiro atoms. The number of aliphatic hydroxyl groups excluding tert-OH is 1. The maximum Gasteiger partial charge on any atom is 0.472 e. The van der Waals surface area contributed by atoms with E-state index in [-0.39, 0.29) is 25.9 Å². The van der Waals surface area contributed by atoms with Crippen molar-refractivity contribution in [2.75, 3.05) is 26.4 Å². The number of carbonyl (C=O) groups excluding carboxylic acids is 3. The Hall–Kier alpha value is -2.82. The van der Waals surface area contributed by atoms with Gasteiger partial charge < -0.3 is 24.2 Å². The zero-order valence-corrected chi connectivity index (χ0v) is 48.5. The maximum atomic E-state index is 12.9. The van der Waals surface area contributed by atoms with Gasteiger partial charge in [0.1, 0.15) is 12.7 Å². The largest absolute Gasteiger partial charge is 0.472 e. The van der Waals surface area contributed by atoms with E-state index in [4.69, 9.17) is 23.3 Å². The number of carbonyl (C=O) groups is 3. The highest BCUT2D eigenvalue weighted by atomic mass is 31.2. The smallest absolute Gasteiger partial charge is 0.462 e. The predicted molar refractivity (Wildman–Crippen MR) is 307 cm³/mol. The molecule has 0 aromatic rings. The average Bonchev–Trinajstić information content (AvgIpc) is 3.39. The normalized spacial score (nSPS) is 13.7. The molecule has 0 aliphatic rings. The van der Waals surface area contributed by atoms with E-state index in [1.807, 2.05) is 0 Å². The molecule has 0 heterocycles. The summed E-state index contributed by atoms with van der Waals surface area (Å²) < 4.78 is 39.5. The molecule has 0 fully saturated rings. The van der Waals surface area contributed by atoms with Gasteiger partial charge >= 0.3 is 25.7 Å². The number of esters is 3. The van der Waals surface area contributed by atoms with Gasteiger partial charge in [0.15, 0.2) is 6.10 Å². The van der Waals surface area contributed by atoms with Crippen molar-refractivity contribution in [3.05, 3.63) is 60.8 Å². The third-order valence-electron chi connectivity index (χ3n) is 12.9. The molecule has 0 rings (SSSR count). The van der Waals surface area contributed by atoms with E-state index >= 15 is 0 Å². The molecule has 0 amide bonds. The minimum absolute atomic E-state index is 0.161. The van der Waals surface area contributed by atoms with E-state index in [1.165, 1.54) is 122 Å². The first-order chi connectivity index (χ1) is 36.2. The van der Waals surface area contributed by atoms with Crippen LogP contribution in [-0.4, -0.2) is 66.5 Å². The SMILES string of the molecule is CC/C=C\C/C=C\C/C=C\C/C=C\CCCCC(=O)OCC(COP(=O)(O)OCC(CO)OC(=O)CCCCCCC/C=C\CCCCCC)OC(=O)CCCCCCCCCCCCCCCCCCCCC. The van der Waals surface area contributed by atoms with E-state index in [0.29, 0.717) is 19.3 Å². The fourth-order valence-corrected chi connectivity index (χ4v) is 9.13. The topological polar surface area (TPSA) is 155 Å². The van der Waals surface area contributed by atoms with Crippen LogP contribution in [0.4, 0.5) is 0 Å². The predicted octanol–water partition coefficient (Wildman–Crippen LogP) is 17.9. The number of ether oxygens (including phenoxy) is 3. The van der Waals surface area contributed by atoms with Crippen LogP contribution in [-0.2, 0) is 42.2 Å². The van der Waals surface area contributed by atoms with Crippen LogP contribution >= 0.6 is 7.82 Å². The van der Waals surface area contributed by atoms with Crippen LogP contribution in [0.5, 0.6) is 0 Å². The molecule has 12 heteroatoms. The van der Waals surface area contributed by atoms with Crippen LogP contribution in [0.2, 0.25) is 0 Å². The van der Waals surface area contributed by atoms with Crippen molar-refractivity contribution in [2.45, 2.75) is 290 Å². The lowest BCUT2D eigenvalue weighted by atomic mass is 10.0. The lowest BCUT2D eigenvalue weighted by molar-refractivity contribution is -0.161. The van der Waals surface area contributed by atoms with Gasteiger partial charge in [0.2, 0.25) is 0 Å². The van der Waals surface area contributed by atoms with Gasteiger partial charge in [0.05, 0.1) is 19.8 Å². The number of rotatable bonds is 56. The third-order valence-corrected chi connectivity index (χ3v) is 13.9. The number of phosphoric ester groups is 1. The van der Waals surface area contributed by atoms with Crippen molar-refractivity contribution in [1.82, 2.24) is 0 Å². The molecule has 430 valence electrons. The molecule has 3 atom stereocenters. The fraction of sp³-hybridized carbons (Fsp3) is 0.790. The van der Waals surface area contributed by atoms with E-state index in [9.17, 15) is 28.9 Å². The molecule has 0 aliphatic heterocycles. The molecule has 0 aliphatic carbocycles. The minimum Gasteiger partial charge on any atom is -0.462 e. The number of unbranched alkanes of at least 4 members (excludes halogenated alkanes) is 29. The second kappa shape index (κ2) is 56.4. The van der Waals surface area contributed by atoms with E-state index in [0.717, 1.165) is 96.3 Å². The van der Waals surface area contributed by atoms with Crippen molar-refractivity contribution in [1.29, 1.82) is 0 Å². The summed E-state index contributed by atoms with van der Waals surface area (Å²) in [6.45, 7) is 4.50. The highest BCUT2D eigenvalue weighted by Crippen LogP contribution is 2.43. The molecule has 0 saturated carbocycles. The van der Waals surface area contributed by atoms with Crippen molar-refractivity contribution in [3.8, 4) is 0 Å². The van der Waals surface area contributed by atoms with Crippen LogP contribution in [0.1, 0.15) is 278 Å². The first-order valence-corrected chi connectivity index (χ1v) is 31.7. The molecular formula is C62H111O11P. The van der Waals surface area contributed by atoms with Crippen LogP contribution < -0.4 is 0 Å². The van der Waals surface area contributed by atoms with Gasteiger partial charge in [-0.05, 0) is 83.5 Å². The summed E-state index contributed by atoms with van der Waals surface area (Å²) in [6, 6.07) is 0. The first-order valence-electron chi connectivity index (χ1n) is 30.2. The Morgan fingerprint density at radius 3 is 1.14 bits per heavy atom. The molecule has 0 aromatic heterocycles. The molecule has 74 heavy (non-hydrogen) atoms. The summed E-state index contributed by atoms with van der Waals surface area (Å²) in [5.41, 5.74) is 0. The van der Waals surface area contributed by atoms with Crippen molar-refractivity contribution >= 4 is 25.7 Å². The summed E-state index contributed by atoms with van der Waals surface area (Å²) in [6.07, 6.45) is 61.8. The zero-order valence-electron chi connectivity index (χ0n) is 47.6. The van der Waals surface area contributed by atoms with Gasteiger partial charge in [-0.25, -0.2) is 4.57 Å². The van der Waals surface area contributed by atoms with Crippen LogP contribution in [0.3, 0.4) is 0 Å². The van der Waals surface area contributed by atoms with Gasteiger partial charge in [-0.1, -0.05) is 236 Å². The second-order valence-corrected chi connectivity index (χ2v) is 21.6. The first kappa shape index (κ1) is 71.2. The third kappa shape index (κ3) is 54.0. The number of hydrogen-bond acceptors (Lipinski definition) is 10. The Kier molecular flexibility index (Phi) is 54.2. The Labute approximate surface area is 453 Å². The van der Waals surface area contributed by atoms with E-state index < -0.39 is 57.8 Å². The van der Waals surface area contributed by atoms with Crippen LogP contribution in [0, 0.1) is 0 Å². The highest BCUT2D eigenvalue weighted by Gasteiger charge is 2.28. The van der Waals surface area contributed by atoms with Crippen molar-refractivity contribution in [2.24, 2.45) is 0 Å². The van der Waals surface area contributed by atoms with Gasteiger partial charge in [-0.3, -0.25) is 23.4 Å². The lowest BCUT2D eigenvalue weighted by Gasteiger charge is -2.21. The summed E-state index contributed by atoms with van der Waals surface area (Å²) in [4.78, 5) is 48.6. The Bertz CT molecular complexity index is 1470. The molecule has 3 unspecified atom stereocenters. The monoisotopic (exact) mass is 1060 g/mol. The molecule has 2 N–H and O–H groups in total. The molecule has 0 radical (unpaired) electrons. The van der Waals surface area contributed by atoms with Gasteiger partial charge in [-0.2, -0.15) is 0 Å². The molecule has 0 aromatic carbocycles. The van der Waals surface area contributed by atoms with Gasteiger partial charge in [0, 0.05) is 19.3 Å². The minimum atomic E-state index is -4.76. The summed E-state index contributed by atoms with van der Waals surface area (Å²) in [7, 11) is -4.76. The van der Waals surface area contributed by atoms with Crippen molar-refractivity contribution in [3.63, 3.8) is 0 Å². The van der Waals surface area contributed by atoms with E-state index in [2.05, 4.69) is 81.5 Å². The van der Waals surface area contributed by atoms with Gasteiger partial charge in [0.25, 0.3) is 0 Å². The molecule has 11 nitrogen and oxygen atoms in total. The fourth-order valence-electron chi connectivity index (χ4n) is 8.34. The average molecular weight is 1060 g/mol. The van der Waals surface area contributed by atoms with Crippen LogP contribution in [0.15, 0.2) is 60.8 Å². The second-order valence-electron chi connectivity index (χ2n) is 20.1. The Morgan fingerprint density at radius 1 is 0.392 bits per heavy atom. The molecular weight excluding hydrogens is 952 g/mol. The highest BCUT2D eigenvalue weighted by molar-refractivity contribution is 7.47. The standard InChI is InChI=1S/C62H111O11P/c1-4-7-10-13-16-19-22-25-27-28-29-30-32-35-38-41-44-47-50-53-62(66)73-59(55-69-60(64)51-48-45-42-39-36-34-31-26-23-20-17-14-11-8-5-2)57-71-74(67,68)70-56-58(54-63)72-61(65)52-49-46-43-40-37-33-24-21-18-15-12-9-6-3/h8,11,17,20-21,24,26,31,36,39,58-59,63H,4-7,9-10,12-16,18-19,22-23,25,27-30,32-35,37-38,40-57H2,1-3H3,(H,67,68)/b11-8-,20-17-,24-21-,31-26-,39-36-. The van der Waals surface area contributed by atoms with Crippen molar-refractivity contribution < 1.29 is 52.2 Å². The maximum absolute atomic E-state index is 12.9. The zero-order chi connectivity index (χ0) is 54.1. The summed E-state index contributed by atoms with van der Waals surface area (Å²) >= 11 is 0. The molecule has 0 bridgehead atoms. The Balaban J connectivity index is 4.74. The quantitative estimate of drug-likeness (QED) is 0.0197. The van der Waals surface area contributed by atoms with Crippen LogP contribution in [0.25, 0.3) is 0 Å². The Morgan fingerprint density at radius 2 is 0.703 bits per heavy atom. The van der Waals surface area contributed by atoms with E-state index in [1.54, 1.807) is 0 Å². The number of hydrogen-bond donors (Lipinski definition) is 2. The number of allylic oxidation sites excluding steroid dienone is 10. The van der Waals surface area contributed by atoms with Gasteiger partial charge in [-0.15, -0.1) is 0 Å². The summed E-state index contributed by atoms with van der Waals surface area (Å²) in [5, 5.41) is 9.81. The lowest BCUT2D eigenvalue weighted by Crippen LogP contribution is -2.30. The molecule has 0 saturated heterocycles. The summed E-state index contributed by atoms with van der Waals surface area (Å²) in [5.74, 6) is -1.51. The number of aliphatic hydroxyl groups is 1.